The molecule has 158 valence electrons. The number of nitrogens with one attached hydrogen (secondary N) is 1. The van der Waals surface area contributed by atoms with E-state index in [0.717, 1.165) is 43.2 Å². The standard InChI is InChI=1S/C26H27N3O2/c27-17-21-11-7-19(8-12-21)3-1-6-25(30)23-4-2-5-24(23)26(31)29-16-15-20-9-13-22(18-28)14-10-20/h7-14,23-24H,1-6,15-16H2,(H,29,31)/t23-,24-/m1/s1. The smallest absolute Gasteiger partial charge is 0.223 e. The zero-order valence-corrected chi connectivity index (χ0v) is 17.6. The molecule has 2 atom stereocenters. The summed E-state index contributed by atoms with van der Waals surface area (Å²) >= 11 is 0. The van der Waals surface area contributed by atoms with E-state index in [1.165, 1.54) is 0 Å². The molecule has 2 aromatic rings. The molecule has 0 unspecified atom stereocenters. The summed E-state index contributed by atoms with van der Waals surface area (Å²) in [5, 5.41) is 20.7. The quantitative estimate of drug-likeness (QED) is 0.670. The van der Waals surface area contributed by atoms with E-state index < -0.39 is 0 Å². The first-order valence-corrected chi connectivity index (χ1v) is 10.9. The van der Waals surface area contributed by atoms with Crippen molar-refractivity contribution in [2.24, 2.45) is 11.8 Å². The van der Waals surface area contributed by atoms with Crippen LogP contribution in [0.4, 0.5) is 0 Å². The number of carbonyl (C=O) groups is 2. The monoisotopic (exact) mass is 413 g/mol. The average Bonchev–Trinajstić information content (AvgIpc) is 3.30. The number of hydrogen-bond donors (Lipinski definition) is 1. The minimum Gasteiger partial charge on any atom is -0.356 e. The number of aryl methyl sites for hydroxylation is 1. The normalized spacial score (nSPS) is 17.5. The van der Waals surface area contributed by atoms with E-state index in [1.54, 1.807) is 24.3 Å². The molecule has 0 saturated heterocycles. The number of hydrogen-bond acceptors (Lipinski definition) is 4. The second kappa shape index (κ2) is 11.1. The van der Waals surface area contributed by atoms with Crippen molar-refractivity contribution in [2.45, 2.75) is 44.9 Å². The second-order valence-electron chi connectivity index (χ2n) is 8.12. The van der Waals surface area contributed by atoms with Gasteiger partial charge in [0, 0.05) is 24.8 Å². The molecule has 1 aliphatic carbocycles. The maximum Gasteiger partial charge on any atom is 0.223 e. The van der Waals surface area contributed by atoms with Crippen LogP contribution in [0, 0.1) is 34.5 Å². The third-order valence-electron chi connectivity index (χ3n) is 6.03. The lowest BCUT2D eigenvalue weighted by Gasteiger charge is -2.18. The minimum absolute atomic E-state index is 0.0170. The molecule has 1 amide bonds. The molecule has 0 radical (unpaired) electrons. The molecule has 3 rings (SSSR count). The van der Waals surface area contributed by atoms with Gasteiger partial charge in [0.2, 0.25) is 5.91 Å². The first-order chi connectivity index (χ1) is 15.1. The zero-order chi connectivity index (χ0) is 22.1. The lowest BCUT2D eigenvalue weighted by molar-refractivity contribution is -0.132. The molecule has 0 bridgehead atoms. The molecule has 0 spiro atoms. The Hall–Kier alpha value is -3.44. The Balaban J connectivity index is 1.43. The molecular formula is C26H27N3O2. The summed E-state index contributed by atoms with van der Waals surface area (Å²) in [6, 6.07) is 19.0. The van der Waals surface area contributed by atoms with E-state index in [9.17, 15) is 9.59 Å². The lowest BCUT2D eigenvalue weighted by Crippen LogP contribution is -2.36. The van der Waals surface area contributed by atoms with E-state index in [1.807, 2.05) is 24.3 Å². The maximum atomic E-state index is 12.8. The Labute approximate surface area is 183 Å². The van der Waals surface area contributed by atoms with Gasteiger partial charge in [0.15, 0.2) is 0 Å². The van der Waals surface area contributed by atoms with Gasteiger partial charge in [0.1, 0.15) is 5.78 Å². The second-order valence-corrected chi connectivity index (χ2v) is 8.12. The highest BCUT2D eigenvalue weighted by Crippen LogP contribution is 2.33. The molecular weight excluding hydrogens is 386 g/mol. The number of benzene rings is 2. The Morgan fingerprint density at radius 1 is 0.839 bits per heavy atom. The van der Waals surface area contributed by atoms with Crippen molar-refractivity contribution in [3.8, 4) is 12.1 Å². The van der Waals surface area contributed by atoms with Crippen molar-refractivity contribution < 1.29 is 9.59 Å². The van der Waals surface area contributed by atoms with Gasteiger partial charge in [-0.15, -0.1) is 0 Å². The molecule has 1 N–H and O–H groups in total. The van der Waals surface area contributed by atoms with Gasteiger partial charge >= 0.3 is 0 Å². The first kappa shape index (κ1) is 22.2. The molecule has 2 aromatic carbocycles. The van der Waals surface area contributed by atoms with E-state index in [-0.39, 0.29) is 23.5 Å². The van der Waals surface area contributed by atoms with E-state index >= 15 is 0 Å². The maximum absolute atomic E-state index is 12.8. The van der Waals surface area contributed by atoms with Crippen LogP contribution < -0.4 is 5.32 Å². The molecule has 1 aliphatic rings. The van der Waals surface area contributed by atoms with E-state index in [2.05, 4.69) is 17.5 Å². The zero-order valence-electron chi connectivity index (χ0n) is 17.6. The average molecular weight is 414 g/mol. The highest BCUT2D eigenvalue weighted by molar-refractivity contribution is 5.89. The summed E-state index contributed by atoms with van der Waals surface area (Å²) in [7, 11) is 0. The van der Waals surface area contributed by atoms with Crippen molar-refractivity contribution in [1.29, 1.82) is 10.5 Å². The highest BCUT2D eigenvalue weighted by atomic mass is 16.2. The van der Waals surface area contributed by atoms with Gasteiger partial charge in [-0.1, -0.05) is 30.7 Å². The lowest BCUT2D eigenvalue weighted by atomic mass is 9.88. The molecule has 0 aromatic heterocycles. The molecule has 31 heavy (non-hydrogen) atoms. The minimum atomic E-state index is -0.219. The number of ketones is 1. The van der Waals surface area contributed by atoms with Gasteiger partial charge < -0.3 is 5.32 Å². The summed E-state index contributed by atoms with van der Waals surface area (Å²) in [4.78, 5) is 25.4. The molecule has 0 heterocycles. The number of nitrogens with zero attached hydrogens (tertiary/aromatic N) is 2. The van der Waals surface area contributed by atoms with Gasteiger partial charge in [-0.2, -0.15) is 10.5 Å². The summed E-state index contributed by atoms with van der Waals surface area (Å²) in [6.07, 6.45) is 5.23. The van der Waals surface area contributed by atoms with Crippen LogP contribution in [-0.4, -0.2) is 18.2 Å². The third kappa shape index (κ3) is 6.27. The SMILES string of the molecule is N#Cc1ccc(CCCC(=O)[C@@H]2CCC[C@H]2C(=O)NCCc2ccc(C#N)cc2)cc1. The van der Waals surface area contributed by atoms with Crippen LogP contribution in [0.25, 0.3) is 0 Å². The van der Waals surface area contributed by atoms with Crippen LogP contribution in [0.3, 0.4) is 0 Å². The van der Waals surface area contributed by atoms with Crippen LogP contribution >= 0.6 is 0 Å². The van der Waals surface area contributed by atoms with Crippen molar-refractivity contribution in [3.63, 3.8) is 0 Å². The summed E-state index contributed by atoms with van der Waals surface area (Å²) in [5.41, 5.74) is 3.45. The van der Waals surface area contributed by atoms with Crippen LogP contribution in [0.1, 0.15) is 54.4 Å². The van der Waals surface area contributed by atoms with Gasteiger partial charge in [-0.25, -0.2) is 0 Å². The molecule has 0 aliphatic heterocycles. The summed E-state index contributed by atoms with van der Waals surface area (Å²) in [5.74, 6) is -0.214. The van der Waals surface area contributed by atoms with Crippen molar-refractivity contribution in [2.75, 3.05) is 6.54 Å². The fourth-order valence-electron chi connectivity index (χ4n) is 4.26. The summed E-state index contributed by atoms with van der Waals surface area (Å²) < 4.78 is 0. The Bertz CT molecular complexity index is 900. The number of amides is 1. The van der Waals surface area contributed by atoms with E-state index in [4.69, 9.17) is 10.5 Å². The van der Waals surface area contributed by atoms with Gasteiger partial charge in [-0.3, -0.25) is 9.59 Å². The van der Waals surface area contributed by atoms with Crippen LogP contribution in [-0.2, 0) is 22.4 Å². The molecule has 1 fully saturated rings. The van der Waals surface area contributed by atoms with Crippen LogP contribution in [0.15, 0.2) is 48.5 Å². The Morgan fingerprint density at radius 2 is 1.39 bits per heavy atom. The van der Waals surface area contributed by atoms with Crippen molar-refractivity contribution in [1.82, 2.24) is 5.32 Å². The molecule has 1 saturated carbocycles. The topological polar surface area (TPSA) is 93.8 Å². The predicted octanol–water partition coefficient (Wildman–Crippen LogP) is 4.10. The fourth-order valence-corrected chi connectivity index (χ4v) is 4.26. The van der Waals surface area contributed by atoms with Crippen molar-refractivity contribution in [3.05, 3.63) is 70.8 Å². The van der Waals surface area contributed by atoms with E-state index in [0.29, 0.717) is 30.5 Å². The summed E-state index contributed by atoms with van der Waals surface area (Å²) in [6.45, 7) is 0.529. The Morgan fingerprint density at radius 3 is 1.97 bits per heavy atom. The largest absolute Gasteiger partial charge is 0.356 e. The predicted molar refractivity (Wildman–Crippen MR) is 118 cm³/mol. The van der Waals surface area contributed by atoms with Crippen LogP contribution in [0.5, 0.6) is 0 Å². The van der Waals surface area contributed by atoms with Crippen molar-refractivity contribution >= 4 is 11.7 Å². The number of nitriles is 2. The van der Waals surface area contributed by atoms with Gasteiger partial charge in [-0.05, 0) is 67.5 Å². The number of rotatable bonds is 9. The first-order valence-electron chi connectivity index (χ1n) is 10.9. The third-order valence-corrected chi connectivity index (χ3v) is 6.03. The highest BCUT2D eigenvalue weighted by Gasteiger charge is 2.36. The Kier molecular flexibility index (Phi) is 7.96. The van der Waals surface area contributed by atoms with Gasteiger partial charge in [0.05, 0.1) is 23.3 Å². The number of carbonyl (C=O) groups excluding carboxylic acids is 2. The van der Waals surface area contributed by atoms with Gasteiger partial charge in [0.25, 0.3) is 0 Å². The molecule has 5 nitrogen and oxygen atoms in total. The molecule has 5 heteroatoms. The number of Topliss-reactive ketones (excluding diaryl/α,β-unsaturated/α-hetero) is 1. The fraction of sp³-hybridized carbons (Fsp3) is 0.385. The van der Waals surface area contributed by atoms with Crippen LogP contribution in [0.2, 0.25) is 0 Å².